The molecule has 0 fully saturated rings. The maximum Gasteiger partial charge on any atom is 0.357 e. The quantitative estimate of drug-likeness (QED) is 0.0347. The predicted octanol–water partition coefficient (Wildman–Crippen LogP) is 6.40. The molecule has 1 unspecified atom stereocenters. The molecule has 0 heterocycles. The first-order valence-electron chi connectivity index (χ1n) is 22.8. The summed E-state index contributed by atoms with van der Waals surface area (Å²) in [6, 6.07) is 26.0. The van der Waals surface area contributed by atoms with Crippen LogP contribution in [0.2, 0.25) is 0 Å². The minimum atomic E-state index is -5.41. The summed E-state index contributed by atoms with van der Waals surface area (Å²) in [5.41, 5.74) is -0.449. The van der Waals surface area contributed by atoms with Crippen LogP contribution in [0.5, 0.6) is 5.75 Å². The number of amides is 6. The third-order valence-corrected chi connectivity index (χ3v) is 16.4. The lowest BCUT2D eigenvalue weighted by molar-refractivity contribution is 0.101. The Balaban J connectivity index is 0.886. The monoisotopic (exact) mass is 1270 g/mol. The van der Waals surface area contributed by atoms with Crippen molar-refractivity contribution in [1.82, 2.24) is 0 Å². The lowest BCUT2D eigenvalue weighted by Gasteiger charge is -2.15. The van der Waals surface area contributed by atoms with Crippen molar-refractivity contribution < 1.29 is 102 Å². The summed E-state index contributed by atoms with van der Waals surface area (Å²) in [5, 5.41) is 12.2. The molecule has 0 spiro atoms. The standard InChI is InChI=1S/C49H36N6O23S6/c56-45(54-37-15-17-39(81(66,67)68)35-21-33(78-79(61)62)22-41(43(35)37)83(72,73)74)25-7-11-29(12-8-25)50-47(58)27-3-1-5-31(19-27)52-49(60)53-32-6-2-4-28(20-32)48(59)51-30-13-9-26(10-14-30)46(57)55-38-16-18-40(82(69,70)71)36-23-34(80(63,64)65)24-42(44(36)38)84(75,76)77/h1-24H,(H,50,58)(H,51,59)(H,54,56)(H,55,57)(H,61,62)(H2,52,53,60)(H,63,64,65)(H,66,67,68)(H,69,70,71)(H,72,73,74)(H,75,76,77). The molecule has 0 aromatic heterocycles. The number of urea groups is 1. The Morgan fingerprint density at radius 2 is 0.750 bits per heavy atom. The molecule has 84 heavy (non-hydrogen) atoms. The molecular weight excluding hydrogens is 1230 g/mol. The van der Waals surface area contributed by atoms with Crippen LogP contribution in [0.15, 0.2) is 170 Å². The van der Waals surface area contributed by atoms with E-state index in [9.17, 15) is 93.0 Å². The molecule has 29 nitrogen and oxygen atoms in total. The number of hydrogen-bond acceptors (Lipinski definition) is 17. The summed E-state index contributed by atoms with van der Waals surface area (Å²) < 4.78 is 196. The third kappa shape index (κ3) is 14.2. The third-order valence-electron chi connectivity index (χ3n) is 11.7. The van der Waals surface area contributed by atoms with Gasteiger partial charge in [-0.15, -0.1) is 0 Å². The Kier molecular flexibility index (Phi) is 16.9. The number of benzene rings is 8. The molecule has 8 aromatic carbocycles. The van der Waals surface area contributed by atoms with Gasteiger partial charge in [-0.25, -0.2) is 4.79 Å². The lowest BCUT2D eigenvalue weighted by Crippen LogP contribution is -2.20. The van der Waals surface area contributed by atoms with Gasteiger partial charge in [0.05, 0.1) is 16.3 Å². The van der Waals surface area contributed by atoms with Gasteiger partial charge >= 0.3 is 17.4 Å². The van der Waals surface area contributed by atoms with Crippen molar-refractivity contribution in [3.63, 3.8) is 0 Å². The van der Waals surface area contributed by atoms with Gasteiger partial charge in [0, 0.05) is 72.6 Å². The van der Waals surface area contributed by atoms with Crippen molar-refractivity contribution in [2.45, 2.75) is 24.5 Å². The number of fused-ring (bicyclic) bond motifs is 2. The van der Waals surface area contributed by atoms with Crippen molar-refractivity contribution in [1.29, 1.82) is 0 Å². The van der Waals surface area contributed by atoms with Crippen LogP contribution in [0.4, 0.5) is 38.9 Å². The fourth-order valence-electron chi connectivity index (χ4n) is 8.11. The molecule has 8 rings (SSSR count). The first-order chi connectivity index (χ1) is 39.1. The van der Waals surface area contributed by atoms with E-state index < -0.39 is 155 Å². The van der Waals surface area contributed by atoms with Gasteiger partial charge in [0.2, 0.25) is 0 Å². The number of anilines is 6. The van der Waals surface area contributed by atoms with Gasteiger partial charge in [-0.2, -0.15) is 46.3 Å². The van der Waals surface area contributed by atoms with E-state index in [2.05, 4.69) is 36.1 Å². The van der Waals surface area contributed by atoms with Crippen molar-refractivity contribution in [3.05, 3.63) is 168 Å². The van der Waals surface area contributed by atoms with Crippen molar-refractivity contribution in [2.24, 2.45) is 0 Å². The zero-order valence-electron chi connectivity index (χ0n) is 41.4. The average Bonchev–Trinajstić information content (AvgIpc) is 2.18. The molecule has 0 aliphatic carbocycles. The Labute approximate surface area is 476 Å². The lowest BCUT2D eigenvalue weighted by atomic mass is 10.1. The number of carbonyl (C=O) groups is 5. The highest BCUT2D eigenvalue weighted by atomic mass is 32.2. The topological polar surface area (TPSA) is 476 Å². The molecule has 0 bridgehead atoms. The average molecular weight is 1270 g/mol. The molecule has 0 radical (unpaired) electrons. The smallest absolute Gasteiger partial charge is 0.357 e. The summed E-state index contributed by atoms with van der Waals surface area (Å²) in [4.78, 5) is 61.0. The molecule has 0 aliphatic rings. The van der Waals surface area contributed by atoms with E-state index in [1.807, 2.05) is 0 Å². The van der Waals surface area contributed by atoms with Crippen LogP contribution in [0.3, 0.4) is 0 Å². The van der Waals surface area contributed by atoms with Crippen molar-refractivity contribution in [3.8, 4) is 5.75 Å². The second kappa shape index (κ2) is 23.3. The molecule has 35 heteroatoms. The predicted molar refractivity (Wildman–Crippen MR) is 299 cm³/mol. The van der Waals surface area contributed by atoms with Gasteiger partial charge in [0.25, 0.3) is 74.2 Å². The summed E-state index contributed by atoms with van der Waals surface area (Å²) in [6.07, 6.45) is 0. The van der Waals surface area contributed by atoms with E-state index in [1.165, 1.54) is 97.1 Å². The zero-order chi connectivity index (χ0) is 61.4. The summed E-state index contributed by atoms with van der Waals surface area (Å²) >= 11 is -3.05. The SMILES string of the molecule is O=C(Nc1cccc(C(=O)Nc2ccc(C(=O)Nc3ccc(S(=O)(=O)O)c4cc(OS(=O)O)cc(S(=O)(=O)O)c34)cc2)c1)Nc1cccc(C(=O)Nc2ccc(C(=O)Nc3ccc(S(=O)(=O)O)c4cc(S(=O)(=O)O)cc(S(=O)(=O)O)c34)cc2)c1. The van der Waals surface area contributed by atoms with Gasteiger partial charge < -0.3 is 36.1 Å². The Bertz CT molecular complexity index is 4740. The molecule has 0 aliphatic heterocycles. The summed E-state index contributed by atoms with van der Waals surface area (Å²) in [7, 11) is -26.2. The van der Waals surface area contributed by atoms with Crippen LogP contribution >= 0.6 is 0 Å². The summed E-state index contributed by atoms with van der Waals surface area (Å²) in [5.74, 6) is -3.97. The van der Waals surface area contributed by atoms with Crippen LogP contribution in [-0.2, 0) is 62.0 Å². The van der Waals surface area contributed by atoms with Gasteiger partial charge in [-0.1, -0.05) is 12.1 Å². The molecule has 0 saturated heterocycles. The van der Waals surface area contributed by atoms with Crippen LogP contribution in [-0.4, -0.2) is 103 Å². The van der Waals surface area contributed by atoms with Crippen molar-refractivity contribution in [2.75, 3.05) is 31.9 Å². The molecule has 436 valence electrons. The van der Waals surface area contributed by atoms with Gasteiger partial charge in [0.15, 0.2) is 0 Å². The minimum absolute atomic E-state index is 0.0380. The fraction of sp³-hybridized carbons (Fsp3) is 0. The molecule has 0 saturated carbocycles. The Hall–Kier alpha value is -9.11. The fourth-order valence-corrected chi connectivity index (χ4v) is 11.8. The number of carbonyl (C=O) groups excluding carboxylic acids is 5. The van der Waals surface area contributed by atoms with Crippen LogP contribution < -0.4 is 36.1 Å². The molecular formula is C49H36N6O23S6. The first-order valence-corrected chi connectivity index (χ1v) is 31.0. The molecule has 12 N–H and O–H groups in total. The number of rotatable bonds is 17. The zero-order valence-corrected chi connectivity index (χ0v) is 46.3. The number of nitrogens with one attached hydrogen (secondary N) is 6. The largest absolute Gasteiger partial charge is 0.380 e. The normalized spacial score (nSPS) is 12.4. The van der Waals surface area contributed by atoms with Gasteiger partial charge in [0.1, 0.15) is 25.3 Å². The van der Waals surface area contributed by atoms with Gasteiger partial charge in [-0.3, -0.25) is 46.5 Å². The highest BCUT2D eigenvalue weighted by Gasteiger charge is 2.29. The molecule has 1 atom stereocenters. The Morgan fingerprint density at radius 3 is 1.13 bits per heavy atom. The highest BCUT2D eigenvalue weighted by Crippen LogP contribution is 2.40. The molecule has 8 aromatic rings. The minimum Gasteiger partial charge on any atom is -0.380 e. The van der Waals surface area contributed by atoms with E-state index in [4.69, 9.17) is 4.55 Å². The van der Waals surface area contributed by atoms with Crippen LogP contribution in [0.1, 0.15) is 41.4 Å². The van der Waals surface area contributed by atoms with Crippen molar-refractivity contribution >= 4 is 147 Å². The van der Waals surface area contributed by atoms with Gasteiger partial charge in [-0.05, 0) is 127 Å². The number of hydrogen-bond donors (Lipinski definition) is 12. The van der Waals surface area contributed by atoms with E-state index >= 15 is 0 Å². The first kappa shape index (κ1) is 61.0. The highest BCUT2D eigenvalue weighted by molar-refractivity contribution is 7.87. The van der Waals surface area contributed by atoms with Crippen LogP contribution in [0.25, 0.3) is 21.5 Å². The maximum absolute atomic E-state index is 13.4. The Morgan fingerprint density at radius 1 is 0.369 bits per heavy atom. The van der Waals surface area contributed by atoms with E-state index in [1.54, 1.807) is 0 Å². The van der Waals surface area contributed by atoms with E-state index in [0.717, 1.165) is 24.3 Å². The van der Waals surface area contributed by atoms with E-state index in [0.29, 0.717) is 24.3 Å². The molecule has 6 amide bonds. The second-order valence-corrected chi connectivity index (χ2v) is 24.9. The van der Waals surface area contributed by atoms with Crippen LogP contribution in [0, 0.1) is 0 Å². The maximum atomic E-state index is 13.4. The second-order valence-electron chi connectivity index (χ2n) is 17.3. The summed E-state index contributed by atoms with van der Waals surface area (Å²) in [6.45, 7) is 0. The van der Waals surface area contributed by atoms with E-state index in [-0.39, 0.29) is 45.0 Å².